The number of carbonyl (C=O) groups is 1. The average Bonchev–Trinajstić information content (AvgIpc) is 3.16. The monoisotopic (exact) mass is 519 g/mol. The Morgan fingerprint density at radius 3 is 2.63 bits per heavy atom. The number of ether oxygens (including phenoxy) is 4. The van der Waals surface area contributed by atoms with Crippen molar-refractivity contribution in [3.05, 3.63) is 23.4 Å². The van der Waals surface area contributed by atoms with Gasteiger partial charge in [-0.15, -0.1) is 0 Å². The van der Waals surface area contributed by atoms with Crippen molar-refractivity contribution in [2.75, 3.05) is 39.8 Å². The quantitative estimate of drug-likeness (QED) is 0.598. The van der Waals surface area contributed by atoms with Gasteiger partial charge < -0.3 is 18.9 Å². The Morgan fingerprint density at radius 2 is 1.94 bits per heavy atom. The first kappa shape index (κ1) is 26.3. The van der Waals surface area contributed by atoms with Gasteiger partial charge in [-0.25, -0.2) is 9.78 Å². The molecule has 12 heteroatoms. The molecule has 1 aromatic heterocycles. The first-order valence-electron chi connectivity index (χ1n) is 11.9. The van der Waals surface area contributed by atoms with Gasteiger partial charge in [-0.05, 0) is 44.4 Å². The molecule has 1 N–H and O–H groups in total. The minimum absolute atomic E-state index is 0.0116. The van der Waals surface area contributed by atoms with E-state index in [1.54, 1.807) is 12.0 Å². The lowest BCUT2D eigenvalue weighted by atomic mass is 9.83. The molecule has 4 aliphatic rings. The fraction of sp³-hybridized carbons (Fsp3) is 0.739. The van der Waals surface area contributed by atoms with Gasteiger partial charge in [0.05, 0.1) is 42.7 Å². The molecule has 0 spiro atoms. The number of aromatic nitrogens is 1. The highest BCUT2D eigenvalue weighted by Gasteiger charge is 2.45. The number of nitrogens with zero attached hydrogens (tertiary/aromatic N) is 2. The number of nitrogens with one attached hydrogen (secondary N) is 1. The maximum atomic E-state index is 13.7. The summed E-state index contributed by atoms with van der Waals surface area (Å²) < 4.78 is 67.0. The van der Waals surface area contributed by atoms with Crippen LogP contribution in [0.5, 0.6) is 5.88 Å². The largest absolute Gasteiger partial charge is 0.474 e. The second-order valence-electron chi connectivity index (χ2n) is 9.10. The van der Waals surface area contributed by atoms with Crippen molar-refractivity contribution in [1.82, 2.24) is 14.6 Å². The summed E-state index contributed by atoms with van der Waals surface area (Å²) in [5.41, 5.74) is -0.704. The topological polar surface area (TPSA) is 82.1 Å². The molecule has 4 heterocycles. The summed E-state index contributed by atoms with van der Waals surface area (Å²) in [5.74, 6) is -0.226. The molecule has 3 atom stereocenters. The van der Waals surface area contributed by atoms with Crippen molar-refractivity contribution < 1.29 is 36.9 Å². The number of methoxy groups -OCH3 is 1. The molecule has 35 heavy (non-hydrogen) atoms. The van der Waals surface area contributed by atoms with Crippen LogP contribution in [0.1, 0.15) is 49.3 Å². The Bertz CT molecular complexity index is 869. The SMILES string of the molecule is COCC1CC(NSC)C2COC3CCC(CC3)c3nc(ccc3C(F)(F)F)OCCOC(=O)N12. The summed E-state index contributed by atoms with van der Waals surface area (Å²) in [6.45, 7) is 0.596. The predicted molar refractivity (Wildman–Crippen MR) is 123 cm³/mol. The van der Waals surface area contributed by atoms with Crippen LogP contribution < -0.4 is 9.46 Å². The second-order valence-corrected chi connectivity index (χ2v) is 9.74. The fourth-order valence-corrected chi connectivity index (χ4v) is 5.86. The van der Waals surface area contributed by atoms with Crippen LogP contribution in [0.25, 0.3) is 0 Å². The molecular formula is C23H32F3N3O5S. The van der Waals surface area contributed by atoms with E-state index in [4.69, 9.17) is 18.9 Å². The van der Waals surface area contributed by atoms with Crippen LogP contribution in [0.3, 0.4) is 0 Å². The van der Waals surface area contributed by atoms with E-state index in [1.165, 1.54) is 18.0 Å². The summed E-state index contributed by atoms with van der Waals surface area (Å²) in [6, 6.07) is 1.81. The highest BCUT2D eigenvalue weighted by Crippen LogP contribution is 2.41. The van der Waals surface area contributed by atoms with Crippen molar-refractivity contribution in [3.63, 3.8) is 0 Å². The average molecular weight is 520 g/mol. The standard InChI is InChI=1S/C23H32F3N3O5S/c1-31-12-15-11-18(28-35-2)19-13-34-16-5-3-14(4-6-16)21-17(23(24,25)26)7-8-20(27-21)32-9-10-33-22(30)29(15)19/h7-8,14-16,18-19,28H,3-6,9-13H2,1-2H3. The second kappa shape index (κ2) is 11.5. The molecule has 196 valence electrons. The first-order valence-corrected chi connectivity index (χ1v) is 13.1. The van der Waals surface area contributed by atoms with Crippen LogP contribution in [-0.2, 0) is 20.4 Å². The van der Waals surface area contributed by atoms with Gasteiger partial charge >= 0.3 is 12.3 Å². The minimum atomic E-state index is -4.49. The summed E-state index contributed by atoms with van der Waals surface area (Å²) in [4.78, 5) is 19.0. The Morgan fingerprint density at radius 1 is 1.20 bits per heavy atom. The smallest absolute Gasteiger partial charge is 0.418 e. The Balaban J connectivity index is 1.58. The van der Waals surface area contributed by atoms with Gasteiger partial charge in [-0.3, -0.25) is 9.62 Å². The summed E-state index contributed by atoms with van der Waals surface area (Å²) in [5, 5.41) is 0. The number of fused-ring (bicyclic) bond motifs is 7. The van der Waals surface area contributed by atoms with E-state index in [0.717, 1.165) is 6.07 Å². The van der Waals surface area contributed by atoms with Gasteiger partial charge in [-0.1, -0.05) is 11.9 Å². The van der Waals surface area contributed by atoms with Crippen LogP contribution in [0.4, 0.5) is 18.0 Å². The van der Waals surface area contributed by atoms with Crippen molar-refractivity contribution in [2.24, 2.45) is 0 Å². The molecule has 1 aliphatic carbocycles. The number of rotatable bonds is 4. The molecular weight excluding hydrogens is 487 g/mol. The number of alkyl halides is 3. The number of amides is 1. The summed E-state index contributed by atoms with van der Waals surface area (Å²) in [7, 11) is 1.60. The summed E-state index contributed by atoms with van der Waals surface area (Å²) >= 11 is 1.48. The van der Waals surface area contributed by atoms with E-state index >= 15 is 0 Å². The molecule has 1 amide bonds. The minimum Gasteiger partial charge on any atom is -0.474 e. The molecule has 1 aromatic rings. The molecule has 1 saturated heterocycles. The number of carbonyl (C=O) groups excluding carboxylic acids is 1. The zero-order valence-corrected chi connectivity index (χ0v) is 20.7. The van der Waals surface area contributed by atoms with Crippen LogP contribution in [0.2, 0.25) is 0 Å². The summed E-state index contributed by atoms with van der Waals surface area (Å²) in [6.07, 6.45) is -0.139. The zero-order chi connectivity index (χ0) is 25.0. The van der Waals surface area contributed by atoms with Crippen molar-refractivity contribution in [3.8, 4) is 5.88 Å². The van der Waals surface area contributed by atoms with E-state index in [9.17, 15) is 18.0 Å². The van der Waals surface area contributed by atoms with E-state index in [1.807, 2.05) is 6.26 Å². The van der Waals surface area contributed by atoms with E-state index in [-0.39, 0.29) is 54.9 Å². The van der Waals surface area contributed by atoms with Gasteiger partial charge in [0.1, 0.15) is 13.2 Å². The Hall–Kier alpha value is -1.76. The van der Waals surface area contributed by atoms with E-state index in [2.05, 4.69) is 9.71 Å². The van der Waals surface area contributed by atoms with Crippen molar-refractivity contribution in [2.45, 2.75) is 68.4 Å². The van der Waals surface area contributed by atoms with Gasteiger partial charge in [0.2, 0.25) is 5.88 Å². The number of halogens is 3. The number of hydrogen-bond donors (Lipinski definition) is 1. The highest BCUT2D eigenvalue weighted by atomic mass is 32.2. The first-order chi connectivity index (χ1) is 16.8. The van der Waals surface area contributed by atoms with Gasteiger partial charge in [0.25, 0.3) is 0 Å². The molecule has 0 radical (unpaired) electrons. The lowest BCUT2D eigenvalue weighted by molar-refractivity contribution is -0.138. The lowest BCUT2D eigenvalue weighted by Gasteiger charge is -2.34. The van der Waals surface area contributed by atoms with Crippen molar-refractivity contribution >= 4 is 18.0 Å². The third kappa shape index (κ3) is 6.15. The third-order valence-corrected chi connectivity index (χ3v) is 7.45. The molecule has 3 aliphatic heterocycles. The molecule has 1 saturated carbocycles. The molecule has 4 bridgehead atoms. The van der Waals surface area contributed by atoms with Crippen LogP contribution >= 0.6 is 11.9 Å². The van der Waals surface area contributed by atoms with E-state index < -0.39 is 17.8 Å². The van der Waals surface area contributed by atoms with E-state index in [0.29, 0.717) is 45.3 Å². The molecule has 8 nitrogen and oxygen atoms in total. The molecule has 3 unspecified atom stereocenters. The van der Waals surface area contributed by atoms with Crippen LogP contribution in [0.15, 0.2) is 12.1 Å². The predicted octanol–water partition coefficient (Wildman–Crippen LogP) is 4.00. The highest BCUT2D eigenvalue weighted by molar-refractivity contribution is 7.96. The lowest BCUT2D eigenvalue weighted by Crippen LogP contribution is -2.49. The Kier molecular flexibility index (Phi) is 8.67. The van der Waals surface area contributed by atoms with Gasteiger partial charge in [0, 0.05) is 25.1 Å². The van der Waals surface area contributed by atoms with Crippen LogP contribution in [0, 0.1) is 0 Å². The normalized spacial score (nSPS) is 30.0. The fourth-order valence-electron chi connectivity index (χ4n) is 5.30. The molecule has 2 fully saturated rings. The molecule has 5 rings (SSSR count). The maximum Gasteiger partial charge on any atom is 0.418 e. The van der Waals surface area contributed by atoms with Crippen molar-refractivity contribution in [1.29, 1.82) is 0 Å². The van der Waals surface area contributed by atoms with Gasteiger partial charge in [0.15, 0.2) is 0 Å². The van der Waals surface area contributed by atoms with Gasteiger partial charge in [-0.2, -0.15) is 13.2 Å². The maximum absolute atomic E-state index is 13.7. The third-order valence-electron chi connectivity index (χ3n) is 6.91. The molecule has 0 aromatic carbocycles. The zero-order valence-electron chi connectivity index (χ0n) is 19.9. The number of hydrogen-bond acceptors (Lipinski definition) is 8. The van der Waals surface area contributed by atoms with Crippen LogP contribution in [-0.4, -0.2) is 80.0 Å². The Labute approximate surface area is 207 Å². The number of pyridine rings is 1.